The van der Waals surface area contributed by atoms with E-state index in [1.807, 2.05) is 19.2 Å². The number of nitrogens with zero attached hydrogens (tertiary/aromatic N) is 4. The van der Waals surface area contributed by atoms with E-state index in [-0.39, 0.29) is 5.69 Å². The normalized spacial score (nSPS) is 11.0. The number of ether oxygens (including phenoxy) is 1. The van der Waals surface area contributed by atoms with Crippen LogP contribution in [0.15, 0.2) is 53.1 Å². The van der Waals surface area contributed by atoms with Crippen LogP contribution in [-0.2, 0) is 13.0 Å². The van der Waals surface area contributed by atoms with Crippen molar-refractivity contribution < 1.29 is 14.2 Å². The monoisotopic (exact) mass is 382 g/mol. The van der Waals surface area contributed by atoms with Gasteiger partial charge in [0.15, 0.2) is 0 Å². The van der Waals surface area contributed by atoms with E-state index >= 15 is 0 Å². The second kappa shape index (κ2) is 9.09. The van der Waals surface area contributed by atoms with Gasteiger partial charge in [0.1, 0.15) is 5.75 Å². The first-order chi connectivity index (χ1) is 13.5. The summed E-state index contributed by atoms with van der Waals surface area (Å²) in [7, 11) is 3.66. The fourth-order valence-corrected chi connectivity index (χ4v) is 2.82. The molecule has 0 aliphatic carbocycles. The van der Waals surface area contributed by atoms with E-state index in [4.69, 9.17) is 9.26 Å². The molecule has 0 spiro atoms. The lowest BCUT2D eigenvalue weighted by atomic mass is 10.1. The predicted octanol–water partition coefficient (Wildman–Crippen LogP) is 3.72. The summed E-state index contributed by atoms with van der Waals surface area (Å²) >= 11 is 0. The van der Waals surface area contributed by atoms with Crippen molar-refractivity contribution in [3.8, 4) is 17.1 Å². The van der Waals surface area contributed by atoms with Gasteiger partial charge in [-0.1, -0.05) is 17.3 Å². The Hall–Kier alpha value is -3.26. The summed E-state index contributed by atoms with van der Waals surface area (Å²) in [5, 5.41) is 14.7. The van der Waals surface area contributed by atoms with E-state index in [9.17, 15) is 10.1 Å². The van der Waals surface area contributed by atoms with Gasteiger partial charge in [0.05, 0.1) is 18.6 Å². The Balaban J connectivity index is 1.49. The molecule has 0 aliphatic heterocycles. The summed E-state index contributed by atoms with van der Waals surface area (Å²) in [5.41, 5.74) is 1.99. The van der Waals surface area contributed by atoms with Crippen molar-refractivity contribution in [2.75, 3.05) is 20.7 Å². The molecule has 146 valence electrons. The highest BCUT2D eigenvalue weighted by Gasteiger charge is 2.12. The molecule has 0 bridgehead atoms. The largest absolute Gasteiger partial charge is 0.497 e. The number of nitro groups is 1. The van der Waals surface area contributed by atoms with Gasteiger partial charge in [-0.3, -0.25) is 15.0 Å². The van der Waals surface area contributed by atoms with Crippen molar-refractivity contribution in [2.45, 2.75) is 19.4 Å². The Bertz CT molecular complexity index is 907. The maximum absolute atomic E-state index is 10.7. The highest BCUT2D eigenvalue weighted by atomic mass is 16.6. The zero-order chi connectivity index (χ0) is 19.9. The lowest BCUT2D eigenvalue weighted by Gasteiger charge is -2.13. The number of aromatic nitrogens is 2. The predicted molar refractivity (Wildman–Crippen MR) is 104 cm³/mol. The van der Waals surface area contributed by atoms with E-state index in [0.29, 0.717) is 23.8 Å². The molecule has 0 fully saturated rings. The summed E-state index contributed by atoms with van der Waals surface area (Å²) in [4.78, 5) is 16.8. The molecule has 0 N–H and O–H groups in total. The Kier molecular flexibility index (Phi) is 6.33. The highest BCUT2D eigenvalue weighted by molar-refractivity contribution is 5.56. The fourth-order valence-electron chi connectivity index (χ4n) is 2.82. The van der Waals surface area contributed by atoms with Crippen molar-refractivity contribution in [2.24, 2.45) is 0 Å². The van der Waals surface area contributed by atoms with E-state index in [0.717, 1.165) is 25.1 Å². The minimum absolute atomic E-state index is 0.0315. The average Bonchev–Trinajstić information content (AvgIpc) is 3.17. The van der Waals surface area contributed by atoms with E-state index in [1.165, 1.54) is 17.7 Å². The molecular formula is C20H22N4O4. The van der Waals surface area contributed by atoms with E-state index < -0.39 is 4.92 Å². The van der Waals surface area contributed by atoms with E-state index in [2.05, 4.69) is 27.2 Å². The Morgan fingerprint density at radius 3 is 2.50 bits per heavy atom. The van der Waals surface area contributed by atoms with Crippen LogP contribution < -0.4 is 4.74 Å². The third-order valence-corrected chi connectivity index (χ3v) is 4.37. The lowest BCUT2D eigenvalue weighted by molar-refractivity contribution is -0.384. The van der Waals surface area contributed by atoms with Crippen LogP contribution in [0.5, 0.6) is 5.75 Å². The number of hydrogen-bond acceptors (Lipinski definition) is 7. The number of hydrogen-bond donors (Lipinski definition) is 0. The molecule has 2 aromatic carbocycles. The van der Waals surface area contributed by atoms with Crippen LogP contribution in [0.1, 0.15) is 17.9 Å². The van der Waals surface area contributed by atoms with Crippen molar-refractivity contribution in [3.63, 3.8) is 0 Å². The topological polar surface area (TPSA) is 94.5 Å². The third kappa shape index (κ3) is 5.14. The van der Waals surface area contributed by atoms with Gasteiger partial charge in [-0.15, -0.1) is 0 Å². The molecule has 3 rings (SSSR count). The lowest BCUT2D eigenvalue weighted by Crippen LogP contribution is -2.19. The van der Waals surface area contributed by atoms with Crippen LogP contribution in [0.3, 0.4) is 0 Å². The SMILES string of the molecule is COc1ccc(CCCN(C)Cc2nc(-c3ccc([N+](=O)[O-])cc3)no2)cc1. The van der Waals surface area contributed by atoms with Crippen LogP contribution in [0, 0.1) is 10.1 Å². The first-order valence-corrected chi connectivity index (χ1v) is 8.94. The minimum atomic E-state index is -0.438. The molecule has 0 aliphatic rings. The Morgan fingerprint density at radius 2 is 1.86 bits per heavy atom. The second-order valence-corrected chi connectivity index (χ2v) is 6.51. The molecule has 1 aromatic heterocycles. The van der Waals surface area contributed by atoms with Gasteiger partial charge in [0, 0.05) is 17.7 Å². The molecule has 1 heterocycles. The van der Waals surface area contributed by atoms with Gasteiger partial charge in [-0.25, -0.2) is 0 Å². The molecule has 8 nitrogen and oxygen atoms in total. The summed E-state index contributed by atoms with van der Waals surface area (Å²) in [6.45, 7) is 1.43. The number of non-ortho nitro benzene ring substituents is 1. The molecule has 0 unspecified atom stereocenters. The molecule has 3 aromatic rings. The van der Waals surface area contributed by atoms with Crippen LogP contribution in [0.2, 0.25) is 0 Å². The fraction of sp³-hybridized carbons (Fsp3) is 0.300. The molecular weight excluding hydrogens is 360 g/mol. The van der Waals surface area contributed by atoms with Crippen molar-refractivity contribution in [1.29, 1.82) is 0 Å². The molecule has 0 atom stereocenters. The second-order valence-electron chi connectivity index (χ2n) is 6.51. The van der Waals surface area contributed by atoms with Crippen LogP contribution in [0.25, 0.3) is 11.4 Å². The highest BCUT2D eigenvalue weighted by Crippen LogP contribution is 2.20. The minimum Gasteiger partial charge on any atom is -0.497 e. The van der Waals surface area contributed by atoms with Gasteiger partial charge in [0.25, 0.3) is 5.69 Å². The van der Waals surface area contributed by atoms with Crippen molar-refractivity contribution >= 4 is 5.69 Å². The number of nitro benzene ring substituents is 1. The number of benzene rings is 2. The average molecular weight is 382 g/mol. The quantitative estimate of drug-likeness (QED) is 0.411. The first-order valence-electron chi connectivity index (χ1n) is 8.94. The van der Waals surface area contributed by atoms with Gasteiger partial charge in [0.2, 0.25) is 11.7 Å². The zero-order valence-electron chi connectivity index (χ0n) is 15.9. The Labute approximate surface area is 162 Å². The molecule has 0 saturated heterocycles. The van der Waals surface area contributed by atoms with Crippen LogP contribution >= 0.6 is 0 Å². The molecule has 0 radical (unpaired) electrons. The van der Waals surface area contributed by atoms with E-state index in [1.54, 1.807) is 19.2 Å². The van der Waals surface area contributed by atoms with Crippen LogP contribution in [0.4, 0.5) is 5.69 Å². The molecule has 0 amide bonds. The summed E-state index contributed by atoms with van der Waals surface area (Å²) in [6.07, 6.45) is 1.98. The summed E-state index contributed by atoms with van der Waals surface area (Å²) in [6, 6.07) is 14.2. The maximum Gasteiger partial charge on any atom is 0.269 e. The molecule has 28 heavy (non-hydrogen) atoms. The van der Waals surface area contributed by atoms with Gasteiger partial charge in [-0.2, -0.15) is 4.98 Å². The number of aryl methyl sites for hydroxylation is 1. The maximum atomic E-state index is 10.7. The van der Waals surface area contributed by atoms with Gasteiger partial charge < -0.3 is 9.26 Å². The van der Waals surface area contributed by atoms with Crippen molar-refractivity contribution in [1.82, 2.24) is 15.0 Å². The number of rotatable bonds is 9. The zero-order valence-corrected chi connectivity index (χ0v) is 15.9. The molecule has 8 heteroatoms. The smallest absolute Gasteiger partial charge is 0.269 e. The number of methoxy groups -OCH3 is 1. The third-order valence-electron chi connectivity index (χ3n) is 4.37. The summed E-state index contributed by atoms with van der Waals surface area (Å²) < 4.78 is 10.5. The first kappa shape index (κ1) is 19.5. The van der Waals surface area contributed by atoms with Crippen molar-refractivity contribution in [3.05, 3.63) is 70.1 Å². The summed E-state index contributed by atoms with van der Waals surface area (Å²) in [5.74, 6) is 1.80. The van der Waals surface area contributed by atoms with Gasteiger partial charge >= 0.3 is 0 Å². The van der Waals surface area contributed by atoms with Crippen LogP contribution in [-0.4, -0.2) is 40.7 Å². The molecule has 0 saturated carbocycles. The standard InChI is InChI=1S/C20H22N4O4/c1-23(13-3-4-15-5-11-18(27-2)12-6-15)14-19-21-20(22-28-19)16-7-9-17(10-8-16)24(25)26/h5-12H,3-4,13-14H2,1-2H3. The van der Waals surface area contributed by atoms with Gasteiger partial charge in [-0.05, 0) is 56.3 Å². The Morgan fingerprint density at radius 1 is 1.14 bits per heavy atom.